The lowest BCUT2D eigenvalue weighted by molar-refractivity contribution is 0.0635. The maximum Gasteiger partial charge on any atom is 0.413 e. The summed E-state index contributed by atoms with van der Waals surface area (Å²) in [5.41, 5.74) is -0.506. The highest BCUT2D eigenvalue weighted by Gasteiger charge is 2.16. The quantitative estimate of drug-likeness (QED) is 0.686. The van der Waals surface area contributed by atoms with Crippen LogP contribution in [0.2, 0.25) is 0 Å². The fourth-order valence-electron chi connectivity index (χ4n) is 0.670. The van der Waals surface area contributed by atoms with E-state index in [0.29, 0.717) is 5.82 Å². The zero-order chi connectivity index (χ0) is 9.90. The van der Waals surface area contributed by atoms with E-state index in [1.165, 1.54) is 6.20 Å². The number of aromatic nitrogens is 3. The van der Waals surface area contributed by atoms with Crippen molar-refractivity contribution in [2.24, 2.45) is 0 Å². The zero-order valence-corrected chi connectivity index (χ0v) is 7.79. The molecule has 0 aromatic carbocycles. The number of rotatable bonds is 1. The van der Waals surface area contributed by atoms with Crippen molar-refractivity contribution < 1.29 is 9.53 Å². The first kappa shape index (κ1) is 9.50. The number of anilines is 1. The van der Waals surface area contributed by atoms with Crippen molar-refractivity contribution in [1.82, 2.24) is 15.4 Å². The maximum atomic E-state index is 11.1. The second kappa shape index (κ2) is 3.42. The number of hydrogen-bond donors (Lipinski definition) is 2. The van der Waals surface area contributed by atoms with Gasteiger partial charge in [-0.05, 0) is 20.8 Å². The van der Waals surface area contributed by atoms with Gasteiger partial charge in [-0.2, -0.15) is 10.3 Å². The Morgan fingerprint density at radius 1 is 1.62 bits per heavy atom. The van der Waals surface area contributed by atoms with Crippen LogP contribution in [0.15, 0.2) is 6.20 Å². The minimum Gasteiger partial charge on any atom is -0.444 e. The molecule has 1 rings (SSSR count). The molecule has 0 aliphatic carbocycles. The highest BCUT2D eigenvalue weighted by Crippen LogP contribution is 2.08. The zero-order valence-electron chi connectivity index (χ0n) is 7.79. The van der Waals surface area contributed by atoms with E-state index in [0.717, 1.165) is 0 Å². The molecule has 0 aliphatic rings. The Kier molecular flexibility index (Phi) is 2.50. The van der Waals surface area contributed by atoms with E-state index in [2.05, 4.69) is 20.7 Å². The number of amides is 1. The van der Waals surface area contributed by atoms with Gasteiger partial charge in [0.1, 0.15) is 5.60 Å². The molecule has 0 aliphatic heterocycles. The van der Waals surface area contributed by atoms with E-state index < -0.39 is 11.7 Å². The van der Waals surface area contributed by atoms with Gasteiger partial charge < -0.3 is 4.74 Å². The lowest BCUT2D eigenvalue weighted by atomic mass is 10.2. The first-order chi connectivity index (χ1) is 5.97. The van der Waals surface area contributed by atoms with Crippen LogP contribution in [-0.4, -0.2) is 27.1 Å². The predicted molar refractivity (Wildman–Crippen MR) is 46.2 cm³/mol. The van der Waals surface area contributed by atoms with E-state index in [9.17, 15) is 4.79 Å². The van der Waals surface area contributed by atoms with E-state index in [4.69, 9.17) is 4.74 Å². The monoisotopic (exact) mass is 184 g/mol. The summed E-state index contributed by atoms with van der Waals surface area (Å²) in [6, 6.07) is 0. The number of carbonyl (C=O) groups excluding carboxylic acids is 1. The summed E-state index contributed by atoms with van der Waals surface area (Å²) < 4.78 is 4.98. The fraction of sp³-hybridized carbons (Fsp3) is 0.571. The second-order valence-electron chi connectivity index (χ2n) is 3.48. The first-order valence-corrected chi connectivity index (χ1v) is 3.83. The molecule has 0 atom stereocenters. The Morgan fingerprint density at radius 3 is 2.77 bits per heavy atom. The van der Waals surface area contributed by atoms with Gasteiger partial charge in [-0.15, -0.1) is 5.10 Å². The van der Waals surface area contributed by atoms with Gasteiger partial charge >= 0.3 is 6.09 Å². The van der Waals surface area contributed by atoms with Crippen LogP contribution in [0.5, 0.6) is 0 Å². The van der Waals surface area contributed by atoms with Crippen molar-refractivity contribution in [2.75, 3.05) is 5.32 Å². The van der Waals surface area contributed by atoms with Gasteiger partial charge in [-0.1, -0.05) is 0 Å². The van der Waals surface area contributed by atoms with E-state index in [1.54, 1.807) is 20.8 Å². The number of aromatic amines is 1. The second-order valence-corrected chi connectivity index (χ2v) is 3.48. The Hall–Kier alpha value is -1.59. The molecule has 0 fully saturated rings. The summed E-state index contributed by atoms with van der Waals surface area (Å²) in [6.45, 7) is 5.36. The van der Waals surface area contributed by atoms with Crippen molar-refractivity contribution in [3.63, 3.8) is 0 Å². The number of H-pyrrole nitrogens is 1. The van der Waals surface area contributed by atoms with Crippen LogP contribution in [0.1, 0.15) is 20.8 Å². The van der Waals surface area contributed by atoms with Gasteiger partial charge in [0.25, 0.3) is 0 Å². The van der Waals surface area contributed by atoms with Gasteiger partial charge in [0, 0.05) is 0 Å². The molecule has 6 nitrogen and oxygen atoms in total. The molecule has 0 spiro atoms. The summed E-state index contributed by atoms with van der Waals surface area (Å²) in [5, 5.41) is 11.9. The third-order valence-electron chi connectivity index (χ3n) is 1.04. The molecule has 0 saturated heterocycles. The molecule has 0 unspecified atom stereocenters. The van der Waals surface area contributed by atoms with E-state index in [1.807, 2.05) is 0 Å². The average Bonchev–Trinajstić information content (AvgIpc) is 2.34. The van der Waals surface area contributed by atoms with E-state index >= 15 is 0 Å². The third kappa shape index (κ3) is 3.55. The Labute approximate surface area is 75.7 Å². The van der Waals surface area contributed by atoms with Crippen LogP contribution in [0.4, 0.5) is 10.6 Å². The minimum absolute atomic E-state index is 0.342. The molecule has 13 heavy (non-hydrogen) atoms. The highest BCUT2D eigenvalue weighted by molar-refractivity contribution is 5.83. The van der Waals surface area contributed by atoms with Gasteiger partial charge in [-0.3, -0.25) is 5.32 Å². The number of ether oxygens (including phenoxy) is 1. The predicted octanol–water partition coefficient (Wildman–Crippen LogP) is 1.15. The van der Waals surface area contributed by atoms with Crippen LogP contribution in [0.25, 0.3) is 0 Å². The van der Waals surface area contributed by atoms with Crippen molar-refractivity contribution in [3.8, 4) is 0 Å². The fourth-order valence-corrected chi connectivity index (χ4v) is 0.670. The topological polar surface area (TPSA) is 79.9 Å². The lowest BCUT2D eigenvalue weighted by Gasteiger charge is -2.18. The van der Waals surface area contributed by atoms with Crippen molar-refractivity contribution in [2.45, 2.75) is 26.4 Å². The number of carbonyl (C=O) groups is 1. The number of nitrogens with one attached hydrogen (secondary N) is 2. The van der Waals surface area contributed by atoms with Crippen molar-refractivity contribution >= 4 is 11.9 Å². The normalized spacial score (nSPS) is 11.0. The van der Waals surface area contributed by atoms with Crippen molar-refractivity contribution in [1.29, 1.82) is 0 Å². The summed E-state index contributed by atoms with van der Waals surface area (Å²) in [6.07, 6.45) is 0.852. The molecule has 0 saturated carbocycles. The average molecular weight is 184 g/mol. The van der Waals surface area contributed by atoms with Crippen LogP contribution < -0.4 is 5.32 Å². The smallest absolute Gasteiger partial charge is 0.413 e. The molecule has 0 radical (unpaired) electrons. The maximum absolute atomic E-state index is 11.1. The highest BCUT2D eigenvalue weighted by atomic mass is 16.6. The Bertz CT molecular complexity index is 275. The Morgan fingerprint density at radius 2 is 2.31 bits per heavy atom. The molecule has 72 valence electrons. The molecule has 1 aromatic heterocycles. The van der Waals surface area contributed by atoms with Crippen LogP contribution in [0, 0.1) is 0 Å². The molecular weight excluding hydrogens is 172 g/mol. The minimum atomic E-state index is -0.540. The number of hydrogen-bond acceptors (Lipinski definition) is 4. The lowest BCUT2D eigenvalue weighted by Crippen LogP contribution is -2.27. The van der Waals surface area contributed by atoms with Gasteiger partial charge in [0.15, 0.2) is 5.82 Å². The summed E-state index contributed by atoms with van der Waals surface area (Å²) in [7, 11) is 0. The van der Waals surface area contributed by atoms with Crippen LogP contribution in [-0.2, 0) is 4.74 Å². The third-order valence-corrected chi connectivity index (χ3v) is 1.04. The molecule has 1 aromatic rings. The van der Waals surface area contributed by atoms with Gasteiger partial charge in [0.05, 0.1) is 6.20 Å². The van der Waals surface area contributed by atoms with Crippen LogP contribution in [0.3, 0.4) is 0 Å². The van der Waals surface area contributed by atoms with Gasteiger partial charge in [-0.25, -0.2) is 4.79 Å². The molecule has 1 heterocycles. The summed E-state index contributed by atoms with van der Waals surface area (Å²) in [5.74, 6) is 0.342. The Balaban J connectivity index is 2.43. The first-order valence-electron chi connectivity index (χ1n) is 3.83. The molecular formula is C7H12N4O2. The molecule has 2 N–H and O–H groups in total. The SMILES string of the molecule is CC(C)(C)OC(=O)Nc1cn[nH]n1. The van der Waals surface area contributed by atoms with Gasteiger partial charge in [0.2, 0.25) is 0 Å². The van der Waals surface area contributed by atoms with Crippen molar-refractivity contribution in [3.05, 3.63) is 6.20 Å². The molecule has 1 amide bonds. The largest absolute Gasteiger partial charge is 0.444 e. The van der Waals surface area contributed by atoms with Crippen LogP contribution >= 0.6 is 0 Å². The standard InChI is InChI=1S/C7H12N4O2/c1-7(2,3)13-6(12)9-5-4-8-11-10-5/h4H,1-3H3,(H2,8,9,10,11,12). The molecule has 0 bridgehead atoms. The number of nitrogens with zero attached hydrogens (tertiary/aromatic N) is 2. The molecule has 6 heteroatoms. The summed E-state index contributed by atoms with van der Waals surface area (Å²) >= 11 is 0. The van der Waals surface area contributed by atoms with E-state index in [-0.39, 0.29) is 0 Å². The summed E-state index contributed by atoms with van der Waals surface area (Å²) in [4.78, 5) is 11.1.